The van der Waals surface area contributed by atoms with Crippen molar-refractivity contribution in [3.63, 3.8) is 0 Å². The van der Waals surface area contributed by atoms with Gasteiger partial charge in [-0.3, -0.25) is 0 Å². The topological polar surface area (TPSA) is 47.6 Å². The van der Waals surface area contributed by atoms with Crippen molar-refractivity contribution in [1.82, 2.24) is 0 Å². The van der Waals surface area contributed by atoms with Gasteiger partial charge in [-0.15, -0.1) is 11.6 Å². The van der Waals surface area contributed by atoms with E-state index in [2.05, 4.69) is 4.99 Å². The van der Waals surface area contributed by atoms with Crippen LogP contribution in [0.3, 0.4) is 0 Å². The summed E-state index contributed by atoms with van der Waals surface area (Å²) in [6.45, 7) is 0. The highest BCUT2D eigenvalue weighted by Gasteiger charge is 2.33. The van der Waals surface area contributed by atoms with Gasteiger partial charge in [-0.25, -0.2) is 18.2 Å². The number of hydrogen-bond donors (Lipinski definition) is 1. The van der Waals surface area contributed by atoms with Crippen molar-refractivity contribution in [1.29, 1.82) is 0 Å². The summed E-state index contributed by atoms with van der Waals surface area (Å²) in [7, 11) is 0. The molecule has 0 bridgehead atoms. The minimum atomic E-state index is -4.95. The van der Waals surface area contributed by atoms with Gasteiger partial charge < -0.3 is 10.5 Å². The van der Waals surface area contributed by atoms with Gasteiger partial charge in [-0.1, -0.05) is 0 Å². The lowest BCUT2D eigenvalue weighted by Crippen LogP contribution is -2.12. The molecule has 0 aliphatic rings. The van der Waals surface area contributed by atoms with Crippen LogP contribution in [0.25, 0.3) is 0 Å². The molecule has 0 spiro atoms. The fourth-order valence-corrected chi connectivity index (χ4v) is 1.83. The van der Waals surface area contributed by atoms with E-state index in [1.807, 2.05) is 0 Å². The lowest BCUT2D eigenvalue weighted by atomic mass is 10.2. The highest BCUT2D eigenvalue weighted by Crippen LogP contribution is 2.36. The first-order valence-corrected chi connectivity index (χ1v) is 7.08. The van der Waals surface area contributed by atoms with Crippen LogP contribution in [0.1, 0.15) is 5.56 Å². The van der Waals surface area contributed by atoms with Gasteiger partial charge in [0.05, 0.1) is 17.1 Å². The van der Waals surface area contributed by atoms with E-state index >= 15 is 0 Å². The molecular weight excluding hydrogens is 374 g/mol. The summed E-state index contributed by atoms with van der Waals surface area (Å²) in [5.41, 5.74) is 3.94. The second kappa shape index (κ2) is 7.22. The first-order valence-electron chi connectivity index (χ1n) is 6.54. The van der Waals surface area contributed by atoms with E-state index in [0.29, 0.717) is 0 Å². The molecule has 0 aliphatic carbocycles. The number of alkyl halides is 4. The zero-order chi connectivity index (χ0) is 18.8. The Morgan fingerprint density at radius 3 is 2.16 bits per heavy atom. The van der Waals surface area contributed by atoms with Gasteiger partial charge in [0.25, 0.3) is 0 Å². The number of benzene rings is 2. The average Bonchev–Trinajstić information content (AvgIpc) is 2.52. The van der Waals surface area contributed by atoms with Crippen LogP contribution in [-0.4, -0.2) is 11.7 Å². The minimum Gasteiger partial charge on any atom is -0.448 e. The maximum absolute atomic E-state index is 13.8. The first-order chi connectivity index (χ1) is 11.6. The Balaban J connectivity index is 2.42. The van der Waals surface area contributed by atoms with Crippen molar-refractivity contribution in [2.45, 2.75) is 6.18 Å². The van der Waals surface area contributed by atoms with Crippen molar-refractivity contribution in [2.24, 2.45) is 10.7 Å². The third-order valence-electron chi connectivity index (χ3n) is 2.86. The van der Waals surface area contributed by atoms with Crippen LogP contribution in [0.2, 0.25) is 0 Å². The molecule has 0 saturated heterocycles. The second-order valence-electron chi connectivity index (χ2n) is 4.72. The first kappa shape index (κ1) is 18.9. The maximum atomic E-state index is 13.8. The molecule has 2 N–H and O–H groups in total. The monoisotopic (exact) mass is 382 g/mol. The highest BCUT2D eigenvalue weighted by atomic mass is 35.5. The van der Waals surface area contributed by atoms with Gasteiger partial charge >= 0.3 is 6.18 Å². The number of halogens is 7. The summed E-state index contributed by atoms with van der Waals surface area (Å²) < 4.78 is 83.6. The number of ether oxygens (including phenoxy) is 1. The lowest BCUT2D eigenvalue weighted by Gasteiger charge is -2.12. The Hall–Kier alpha value is -2.42. The average molecular weight is 383 g/mol. The summed E-state index contributed by atoms with van der Waals surface area (Å²) in [5.74, 6) is -6.25. The largest absolute Gasteiger partial charge is 0.448 e. The molecule has 0 heterocycles. The van der Waals surface area contributed by atoms with Crippen LogP contribution >= 0.6 is 11.6 Å². The molecule has 2 aromatic rings. The molecular formula is C15H9ClF6N2O. The van der Waals surface area contributed by atoms with Gasteiger partial charge in [-0.2, -0.15) is 13.2 Å². The number of nitrogens with zero attached hydrogens (tertiary/aromatic N) is 1. The molecule has 0 aromatic heterocycles. The summed E-state index contributed by atoms with van der Waals surface area (Å²) >= 11 is 5.44. The van der Waals surface area contributed by atoms with Crippen LogP contribution in [0, 0.1) is 17.5 Å². The summed E-state index contributed by atoms with van der Waals surface area (Å²) in [4.78, 5) is 3.79. The third-order valence-corrected chi connectivity index (χ3v) is 3.14. The zero-order valence-electron chi connectivity index (χ0n) is 12.2. The zero-order valence-corrected chi connectivity index (χ0v) is 12.9. The van der Waals surface area contributed by atoms with Crippen LogP contribution < -0.4 is 10.5 Å². The smallest absolute Gasteiger partial charge is 0.416 e. The van der Waals surface area contributed by atoms with Gasteiger partial charge in [0.15, 0.2) is 29.0 Å². The molecule has 25 heavy (non-hydrogen) atoms. The molecule has 0 unspecified atom stereocenters. The number of aliphatic imine (C=N–C) groups is 1. The van der Waals surface area contributed by atoms with E-state index in [1.165, 1.54) is 6.07 Å². The van der Waals surface area contributed by atoms with E-state index < -0.39 is 40.7 Å². The Bertz CT molecular complexity index is 799. The van der Waals surface area contributed by atoms with E-state index in [4.69, 9.17) is 22.1 Å². The van der Waals surface area contributed by atoms with Crippen molar-refractivity contribution < 1.29 is 31.1 Å². The maximum Gasteiger partial charge on any atom is 0.416 e. The summed E-state index contributed by atoms with van der Waals surface area (Å²) in [6, 6.07) is 3.13. The SMILES string of the molecule is NC(CCl)=Nc1ccc(F)c(Oc2c(F)cc(C(F)(F)F)cc2F)c1. The Morgan fingerprint density at radius 2 is 1.64 bits per heavy atom. The highest BCUT2D eigenvalue weighted by molar-refractivity contribution is 6.28. The van der Waals surface area contributed by atoms with E-state index in [0.717, 1.165) is 12.1 Å². The number of amidine groups is 1. The van der Waals surface area contributed by atoms with Gasteiger partial charge in [0.2, 0.25) is 0 Å². The van der Waals surface area contributed by atoms with Gasteiger partial charge in [0, 0.05) is 6.07 Å². The third kappa shape index (κ3) is 4.56. The quantitative estimate of drug-likeness (QED) is 0.344. The Morgan fingerprint density at radius 1 is 1.04 bits per heavy atom. The molecule has 134 valence electrons. The van der Waals surface area contributed by atoms with Crippen molar-refractivity contribution in [2.75, 3.05) is 5.88 Å². The van der Waals surface area contributed by atoms with E-state index in [-0.39, 0.29) is 29.5 Å². The van der Waals surface area contributed by atoms with E-state index in [1.54, 1.807) is 0 Å². The van der Waals surface area contributed by atoms with Crippen molar-refractivity contribution >= 4 is 23.1 Å². The standard InChI is InChI=1S/C15H9ClF6N2O/c16-6-13(23)24-8-1-2-9(17)12(5-8)25-14-10(18)3-7(4-11(14)19)15(20,21)22/h1-5H,6H2,(H2,23,24). The molecule has 0 radical (unpaired) electrons. The second-order valence-corrected chi connectivity index (χ2v) is 4.99. The minimum absolute atomic E-state index is 0.00823. The number of rotatable bonds is 4. The molecule has 2 rings (SSSR count). The van der Waals surface area contributed by atoms with Crippen LogP contribution in [0.15, 0.2) is 35.3 Å². The van der Waals surface area contributed by atoms with Gasteiger partial charge in [-0.05, 0) is 24.3 Å². The van der Waals surface area contributed by atoms with Crippen LogP contribution in [-0.2, 0) is 6.18 Å². The molecule has 0 saturated carbocycles. The molecule has 10 heteroatoms. The number of nitrogens with two attached hydrogens (primary N) is 1. The molecule has 0 amide bonds. The molecule has 3 nitrogen and oxygen atoms in total. The number of hydrogen-bond acceptors (Lipinski definition) is 2. The molecule has 0 atom stereocenters. The fraction of sp³-hybridized carbons (Fsp3) is 0.133. The fourth-order valence-electron chi connectivity index (χ4n) is 1.77. The predicted molar refractivity (Wildman–Crippen MR) is 79.8 cm³/mol. The Labute approximate surface area is 142 Å². The normalized spacial score (nSPS) is 12.4. The summed E-state index contributed by atoms with van der Waals surface area (Å²) in [5, 5.41) is 0. The van der Waals surface area contributed by atoms with Crippen molar-refractivity contribution in [3.8, 4) is 11.5 Å². The predicted octanol–water partition coefficient (Wildman–Crippen LogP) is 5.14. The molecule has 0 fully saturated rings. The van der Waals surface area contributed by atoms with Crippen LogP contribution in [0.5, 0.6) is 11.5 Å². The van der Waals surface area contributed by atoms with Crippen molar-refractivity contribution in [3.05, 3.63) is 53.3 Å². The molecule has 2 aromatic carbocycles. The van der Waals surface area contributed by atoms with E-state index in [9.17, 15) is 26.3 Å². The van der Waals surface area contributed by atoms with Crippen LogP contribution in [0.4, 0.5) is 32.0 Å². The van der Waals surface area contributed by atoms with Gasteiger partial charge in [0.1, 0.15) is 5.84 Å². The Kier molecular flexibility index (Phi) is 5.46. The molecule has 0 aliphatic heterocycles. The summed E-state index contributed by atoms with van der Waals surface area (Å²) in [6.07, 6.45) is -4.95. The lowest BCUT2D eigenvalue weighted by molar-refractivity contribution is -0.138.